The third-order valence-electron chi connectivity index (χ3n) is 4.32. The maximum atomic E-state index is 11.7. The van der Waals surface area contributed by atoms with E-state index in [0.29, 0.717) is 12.8 Å². The molecule has 2 saturated carbocycles. The highest BCUT2D eigenvalue weighted by Crippen LogP contribution is 2.61. The smallest absolute Gasteiger partial charge is 0.352 e. The van der Waals surface area contributed by atoms with E-state index in [4.69, 9.17) is 9.47 Å². The van der Waals surface area contributed by atoms with Crippen molar-refractivity contribution in [3.05, 3.63) is 12.7 Å². The molecule has 0 radical (unpaired) electrons. The average Bonchev–Trinajstić information content (AvgIpc) is 2.91. The molecule has 1 N–H and O–H groups in total. The quantitative estimate of drug-likeness (QED) is 0.566. The SMILES string of the molecule is C=CC(=O)OC1C2CC3C(=O)OC1(C(=O)O)C3C2. The first-order valence-electron chi connectivity index (χ1n) is 5.80. The van der Waals surface area contributed by atoms with Crippen molar-refractivity contribution in [3.63, 3.8) is 0 Å². The van der Waals surface area contributed by atoms with Crippen LogP contribution >= 0.6 is 0 Å². The van der Waals surface area contributed by atoms with Crippen LogP contribution in [-0.2, 0) is 23.9 Å². The van der Waals surface area contributed by atoms with Gasteiger partial charge in [-0.25, -0.2) is 9.59 Å². The summed E-state index contributed by atoms with van der Waals surface area (Å²) >= 11 is 0. The molecule has 1 saturated heterocycles. The molecule has 0 aromatic carbocycles. The summed E-state index contributed by atoms with van der Waals surface area (Å²) in [7, 11) is 0. The standard InChI is InChI=1S/C12H12O6/c1-2-8(13)17-9-5-3-6-7(4-5)12(9,11(15)16)18-10(6)14/h2,5-7,9H,1,3-4H2,(H,15,16). The van der Waals surface area contributed by atoms with Crippen molar-refractivity contribution in [3.8, 4) is 0 Å². The van der Waals surface area contributed by atoms with Gasteiger partial charge in [0.2, 0.25) is 5.60 Å². The van der Waals surface area contributed by atoms with Crippen LogP contribution in [0.1, 0.15) is 12.8 Å². The predicted octanol–water partition coefficient (Wildman–Crippen LogP) is 0.120. The van der Waals surface area contributed by atoms with Gasteiger partial charge in [-0.3, -0.25) is 4.79 Å². The highest BCUT2D eigenvalue weighted by Gasteiger charge is 2.76. The number of hydrogen-bond acceptors (Lipinski definition) is 5. The molecule has 3 aliphatic rings. The van der Waals surface area contributed by atoms with Gasteiger partial charge in [-0.05, 0) is 12.8 Å². The molecule has 96 valence electrons. The lowest BCUT2D eigenvalue weighted by Gasteiger charge is -2.33. The molecule has 0 aromatic rings. The molecule has 5 unspecified atom stereocenters. The zero-order valence-electron chi connectivity index (χ0n) is 9.50. The molecule has 3 fully saturated rings. The van der Waals surface area contributed by atoms with Crippen LogP contribution < -0.4 is 0 Å². The Kier molecular flexibility index (Phi) is 2.09. The van der Waals surface area contributed by atoms with E-state index < -0.39 is 29.6 Å². The Balaban J connectivity index is 2.00. The van der Waals surface area contributed by atoms with E-state index in [1.807, 2.05) is 0 Å². The zero-order valence-corrected chi connectivity index (χ0v) is 9.50. The third-order valence-corrected chi connectivity index (χ3v) is 4.32. The summed E-state index contributed by atoms with van der Waals surface area (Å²) in [5, 5.41) is 9.39. The summed E-state index contributed by atoms with van der Waals surface area (Å²) < 4.78 is 10.2. The molecule has 2 bridgehead atoms. The molecule has 2 aliphatic carbocycles. The van der Waals surface area contributed by atoms with Crippen molar-refractivity contribution >= 4 is 17.9 Å². The number of esters is 2. The van der Waals surface area contributed by atoms with Crippen LogP contribution in [-0.4, -0.2) is 34.7 Å². The fraction of sp³-hybridized carbons (Fsp3) is 0.583. The van der Waals surface area contributed by atoms with Crippen LogP contribution in [0.5, 0.6) is 0 Å². The van der Waals surface area contributed by atoms with Crippen LogP contribution in [0.4, 0.5) is 0 Å². The Bertz CT molecular complexity index is 469. The molecule has 0 aromatic heterocycles. The molecule has 1 aliphatic heterocycles. The average molecular weight is 252 g/mol. The van der Waals surface area contributed by atoms with Crippen LogP contribution in [0.2, 0.25) is 0 Å². The van der Waals surface area contributed by atoms with Crippen molar-refractivity contribution in [2.75, 3.05) is 0 Å². The van der Waals surface area contributed by atoms with Gasteiger partial charge in [0, 0.05) is 17.9 Å². The Morgan fingerprint density at radius 2 is 2.22 bits per heavy atom. The normalized spacial score (nSPS) is 43.7. The molecule has 6 nitrogen and oxygen atoms in total. The number of carbonyl (C=O) groups excluding carboxylic acids is 2. The van der Waals surface area contributed by atoms with E-state index in [0.717, 1.165) is 6.08 Å². The second kappa shape index (κ2) is 3.34. The van der Waals surface area contributed by atoms with Gasteiger partial charge in [-0.1, -0.05) is 6.58 Å². The molecule has 5 atom stereocenters. The lowest BCUT2D eigenvalue weighted by molar-refractivity contribution is -0.190. The van der Waals surface area contributed by atoms with Crippen molar-refractivity contribution in [2.24, 2.45) is 17.8 Å². The number of rotatable bonds is 3. The summed E-state index contributed by atoms with van der Waals surface area (Å²) in [4.78, 5) is 34.5. The first kappa shape index (κ1) is 11.3. The summed E-state index contributed by atoms with van der Waals surface area (Å²) in [6, 6.07) is 0. The van der Waals surface area contributed by atoms with Crippen LogP contribution in [0, 0.1) is 17.8 Å². The molecular weight excluding hydrogens is 240 g/mol. The monoisotopic (exact) mass is 252 g/mol. The zero-order chi connectivity index (χ0) is 13.1. The summed E-state index contributed by atoms with van der Waals surface area (Å²) in [5.74, 6) is -3.26. The molecule has 1 heterocycles. The summed E-state index contributed by atoms with van der Waals surface area (Å²) in [6.45, 7) is 3.28. The highest BCUT2D eigenvalue weighted by molar-refractivity contribution is 5.91. The molecule has 18 heavy (non-hydrogen) atoms. The number of fused-ring (bicyclic) bond motifs is 1. The first-order valence-corrected chi connectivity index (χ1v) is 5.80. The van der Waals surface area contributed by atoms with E-state index in [2.05, 4.69) is 6.58 Å². The van der Waals surface area contributed by atoms with Gasteiger partial charge >= 0.3 is 17.9 Å². The second-order valence-electron chi connectivity index (χ2n) is 5.03. The van der Waals surface area contributed by atoms with Crippen molar-refractivity contribution in [1.29, 1.82) is 0 Å². The predicted molar refractivity (Wildman–Crippen MR) is 56.2 cm³/mol. The number of carboxylic acids is 1. The largest absolute Gasteiger partial charge is 0.478 e. The number of carbonyl (C=O) groups is 3. The van der Waals surface area contributed by atoms with Gasteiger partial charge in [0.15, 0.2) is 6.10 Å². The number of hydrogen-bond donors (Lipinski definition) is 1. The van der Waals surface area contributed by atoms with Gasteiger partial charge in [-0.15, -0.1) is 0 Å². The topological polar surface area (TPSA) is 89.9 Å². The lowest BCUT2D eigenvalue weighted by atomic mass is 9.78. The van der Waals surface area contributed by atoms with Crippen LogP contribution in [0.25, 0.3) is 0 Å². The minimum atomic E-state index is -1.68. The molecular formula is C12H12O6. The minimum absolute atomic E-state index is 0.119. The summed E-state index contributed by atoms with van der Waals surface area (Å²) in [6.07, 6.45) is 1.18. The van der Waals surface area contributed by atoms with Gasteiger partial charge in [-0.2, -0.15) is 0 Å². The fourth-order valence-corrected chi connectivity index (χ4v) is 3.68. The van der Waals surface area contributed by atoms with Crippen molar-refractivity contribution < 1.29 is 29.0 Å². The maximum absolute atomic E-state index is 11.7. The number of carboxylic acid groups (broad SMARTS) is 1. The minimum Gasteiger partial charge on any atom is -0.478 e. The van der Waals surface area contributed by atoms with Crippen LogP contribution in [0.15, 0.2) is 12.7 Å². The first-order chi connectivity index (χ1) is 8.50. The van der Waals surface area contributed by atoms with Gasteiger partial charge < -0.3 is 14.6 Å². The van der Waals surface area contributed by atoms with Gasteiger partial charge in [0.25, 0.3) is 0 Å². The van der Waals surface area contributed by atoms with Crippen molar-refractivity contribution in [1.82, 2.24) is 0 Å². The van der Waals surface area contributed by atoms with Gasteiger partial charge in [0.05, 0.1) is 5.92 Å². The van der Waals surface area contributed by atoms with E-state index in [1.165, 1.54) is 0 Å². The van der Waals surface area contributed by atoms with Crippen LogP contribution in [0.3, 0.4) is 0 Å². The van der Waals surface area contributed by atoms with E-state index in [-0.39, 0.29) is 17.8 Å². The Morgan fingerprint density at radius 1 is 1.50 bits per heavy atom. The Labute approximate surface area is 103 Å². The molecule has 6 heteroatoms. The van der Waals surface area contributed by atoms with Crippen molar-refractivity contribution in [2.45, 2.75) is 24.5 Å². The molecule has 0 spiro atoms. The van der Waals surface area contributed by atoms with E-state index >= 15 is 0 Å². The van der Waals surface area contributed by atoms with Gasteiger partial charge in [0.1, 0.15) is 0 Å². The number of aliphatic carboxylic acids is 1. The maximum Gasteiger partial charge on any atom is 0.352 e. The van der Waals surface area contributed by atoms with E-state index in [1.54, 1.807) is 0 Å². The lowest BCUT2D eigenvalue weighted by Crippen LogP contribution is -2.54. The summed E-state index contributed by atoms with van der Waals surface area (Å²) in [5.41, 5.74) is -1.68. The second-order valence-corrected chi connectivity index (χ2v) is 5.03. The Morgan fingerprint density at radius 3 is 2.83 bits per heavy atom. The number of ether oxygens (including phenoxy) is 2. The Hall–Kier alpha value is -1.85. The van der Waals surface area contributed by atoms with E-state index in [9.17, 15) is 19.5 Å². The molecule has 0 amide bonds. The molecule has 3 rings (SSSR count). The highest BCUT2D eigenvalue weighted by atomic mass is 16.6. The third kappa shape index (κ3) is 1.10. The fourth-order valence-electron chi connectivity index (χ4n) is 3.68.